The molecule has 0 aliphatic rings. The van der Waals surface area contributed by atoms with Gasteiger partial charge in [-0.1, -0.05) is 42.5 Å². The number of halogens is 1. The Bertz CT molecular complexity index is 1550. The molecule has 0 amide bonds. The third-order valence-electron chi connectivity index (χ3n) is 5.02. The van der Waals surface area contributed by atoms with E-state index in [0.717, 1.165) is 11.1 Å². The fraction of sp³-hybridized carbons (Fsp3) is 0. The number of fused-ring (bicyclic) bond motifs is 1. The normalized spacial score (nSPS) is 11.1. The van der Waals surface area contributed by atoms with Gasteiger partial charge < -0.3 is 4.42 Å². The van der Waals surface area contributed by atoms with Gasteiger partial charge in [0.2, 0.25) is 0 Å². The number of rotatable bonds is 4. The van der Waals surface area contributed by atoms with Gasteiger partial charge in [0.1, 0.15) is 17.3 Å². The van der Waals surface area contributed by atoms with Gasteiger partial charge >= 0.3 is 5.63 Å². The smallest absolute Gasteiger partial charge is 0.345 e. The van der Waals surface area contributed by atoms with Gasteiger partial charge in [-0.25, -0.2) is 9.48 Å². The van der Waals surface area contributed by atoms with E-state index in [9.17, 15) is 10.1 Å². The molecule has 6 nitrogen and oxygen atoms in total. The number of benzene rings is 2. The minimum absolute atomic E-state index is 0. The van der Waals surface area contributed by atoms with Gasteiger partial charge in [0.15, 0.2) is 0 Å². The van der Waals surface area contributed by atoms with Gasteiger partial charge in [-0.2, -0.15) is 10.4 Å². The first kappa shape index (κ1) is 21.8. The van der Waals surface area contributed by atoms with Crippen molar-refractivity contribution in [1.29, 1.82) is 5.26 Å². The monoisotopic (exact) mass is 452 g/mol. The highest BCUT2D eigenvalue weighted by Gasteiger charge is 2.17. The van der Waals surface area contributed by atoms with Crippen LogP contribution in [0.2, 0.25) is 0 Å². The fourth-order valence-corrected chi connectivity index (χ4v) is 3.48. The molecule has 0 saturated heterocycles. The molecule has 0 radical (unpaired) electrons. The number of pyridine rings is 1. The van der Waals surface area contributed by atoms with E-state index >= 15 is 0 Å². The minimum atomic E-state index is -0.493. The Kier molecular flexibility index (Phi) is 6.16. The first-order chi connectivity index (χ1) is 15.7. The largest absolute Gasteiger partial charge is 0.422 e. The SMILES string of the molecule is Cl.N#CC(=Cc1cn(-c2ccccc2)nc1-c1cc2ccccc2oc1=O)c1ccccn1. The first-order valence-corrected chi connectivity index (χ1v) is 9.94. The summed E-state index contributed by atoms with van der Waals surface area (Å²) >= 11 is 0. The summed E-state index contributed by atoms with van der Waals surface area (Å²) in [4.78, 5) is 17.1. The van der Waals surface area contributed by atoms with Crippen molar-refractivity contribution in [2.45, 2.75) is 0 Å². The molecule has 3 aromatic heterocycles. The van der Waals surface area contributed by atoms with Gasteiger partial charge in [-0.3, -0.25) is 4.98 Å². The zero-order valence-corrected chi connectivity index (χ0v) is 18.1. The summed E-state index contributed by atoms with van der Waals surface area (Å²) < 4.78 is 7.21. The number of hydrogen-bond donors (Lipinski definition) is 0. The van der Waals surface area contributed by atoms with Crippen LogP contribution in [0.15, 0.2) is 100 Å². The van der Waals surface area contributed by atoms with Crippen LogP contribution in [0, 0.1) is 11.3 Å². The van der Waals surface area contributed by atoms with Crippen molar-refractivity contribution in [3.05, 3.63) is 113 Å². The van der Waals surface area contributed by atoms with E-state index in [0.29, 0.717) is 33.7 Å². The van der Waals surface area contributed by atoms with E-state index < -0.39 is 5.63 Å². The summed E-state index contributed by atoms with van der Waals surface area (Å²) in [7, 11) is 0. The average Bonchev–Trinajstić information content (AvgIpc) is 3.27. The molecule has 5 aromatic rings. The Balaban J connectivity index is 0.00000259. The fourth-order valence-electron chi connectivity index (χ4n) is 3.48. The lowest BCUT2D eigenvalue weighted by molar-refractivity contribution is 0.563. The van der Waals surface area contributed by atoms with E-state index in [2.05, 4.69) is 16.2 Å². The van der Waals surface area contributed by atoms with E-state index in [-0.39, 0.29) is 12.4 Å². The molecule has 33 heavy (non-hydrogen) atoms. The molecule has 7 heteroatoms. The Morgan fingerprint density at radius 3 is 2.52 bits per heavy atom. The zero-order valence-electron chi connectivity index (χ0n) is 17.3. The summed E-state index contributed by atoms with van der Waals surface area (Å²) in [5.74, 6) is 0. The highest BCUT2D eigenvalue weighted by Crippen LogP contribution is 2.27. The molecule has 160 valence electrons. The summed E-state index contributed by atoms with van der Waals surface area (Å²) in [6, 6.07) is 26.2. The quantitative estimate of drug-likeness (QED) is 0.264. The first-order valence-electron chi connectivity index (χ1n) is 9.94. The number of nitrogens with zero attached hydrogens (tertiary/aromatic N) is 4. The molecule has 0 saturated carbocycles. The molecule has 0 unspecified atom stereocenters. The molecule has 3 heterocycles. The summed E-state index contributed by atoms with van der Waals surface area (Å²) in [6.07, 6.45) is 5.12. The van der Waals surface area contributed by atoms with Crippen LogP contribution in [-0.4, -0.2) is 14.8 Å². The number of nitriles is 1. The number of hydrogen-bond acceptors (Lipinski definition) is 5. The third kappa shape index (κ3) is 4.31. The molecule has 0 fully saturated rings. The van der Waals surface area contributed by atoms with E-state index in [4.69, 9.17) is 4.42 Å². The molecule has 0 atom stereocenters. The van der Waals surface area contributed by atoms with E-state index in [1.54, 1.807) is 47.4 Å². The van der Waals surface area contributed by atoms with Crippen molar-refractivity contribution in [2.24, 2.45) is 0 Å². The Morgan fingerprint density at radius 1 is 1.00 bits per heavy atom. The predicted molar refractivity (Wildman–Crippen MR) is 130 cm³/mol. The third-order valence-corrected chi connectivity index (χ3v) is 5.02. The molecule has 0 bridgehead atoms. The Labute approximate surface area is 195 Å². The zero-order chi connectivity index (χ0) is 21.9. The summed E-state index contributed by atoms with van der Waals surface area (Å²) in [5, 5.41) is 15.2. The molecule has 0 aliphatic carbocycles. The minimum Gasteiger partial charge on any atom is -0.422 e. The number of allylic oxidation sites excluding steroid dienone is 1. The lowest BCUT2D eigenvalue weighted by atomic mass is 10.0. The van der Waals surface area contributed by atoms with Crippen LogP contribution < -0.4 is 5.63 Å². The molecule has 5 rings (SSSR count). The Morgan fingerprint density at radius 2 is 1.76 bits per heavy atom. The molecule has 0 N–H and O–H groups in total. The molecular weight excluding hydrogens is 436 g/mol. The lowest BCUT2D eigenvalue weighted by Crippen LogP contribution is -2.04. The van der Waals surface area contributed by atoms with Crippen LogP contribution in [0.3, 0.4) is 0 Å². The highest BCUT2D eigenvalue weighted by molar-refractivity contribution is 5.92. The lowest BCUT2D eigenvalue weighted by Gasteiger charge is -2.02. The van der Waals surface area contributed by atoms with Crippen molar-refractivity contribution in [3.63, 3.8) is 0 Å². The van der Waals surface area contributed by atoms with Crippen molar-refractivity contribution in [1.82, 2.24) is 14.8 Å². The van der Waals surface area contributed by atoms with Crippen LogP contribution in [0.1, 0.15) is 11.3 Å². The maximum atomic E-state index is 12.8. The van der Waals surface area contributed by atoms with Gasteiger partial charge in [0, 0.05) is 23.3 Å². The van der Waals surface area contributed by atoms with Crippen molar-refractivity contribution >= 4 is 35.0 Å². The Hall–Kier alpha value is -4.47. The van der Waals surface area contributed by atoms with Gasteiger partial charge in [0.05, 0.1) is 22.5 Å². The number of aromatic nitrogens is 3. The van der Waals surface area contributed by atoms with E-state index in [1.807, 2.05) is 54.6 Å². The van der Waals surface area contributed by atoms with Crippen LogP contribution in [0.4, 0.5) is 0 Å². The molecular formula is C26H17ClN4O2. The second kappa shape index (κ2) is 9.35. The molecule has 2 aromatic carbocycles. The van der Waals surface area contributed by atoms with Gasteiger partial charge in [-0.05, 0) is 42.5 Å². The summed E-state index contributed by atoms with van der Waals surface area (Å²) in [5.41, 5.74) is 3.11. The van der Waals surface area contributed by atoms with Crippen molar-refractivity contribution in [3.8, 4) is 23.0 Å². The van der Waals surface area contributed by atoms with Crippen molar-refractivity contribution in [2.75, 3.05) is 0 Å². The van der Waals surface area contributed by atoms with Crippen LogP contribution >= 0.6 is 12.4 Å². The maximum Gasteiger partial charge on any atom is 0.345 e. The second-order valence-electron chi connectivity index (χ2n) is 7.08. The summed E-state index contributed by atoms with van der Waals surface area (Å²) in [6.45, 7) is 0. The predicted octanol–water partition coefficient (Wildman–Crippen LogP) is 5.53. The molecule has 0 spiro atoms. The topological polar surface area (TPSA) is 84.7 Å². The number of para-hydroxylation sites is 2. The standard InChI is InChI=1S/C26H16N4O2.ClH/c27-16-19(23-11-6-7-13-28-23)14-20-17-30(21-9-2-1-3-10-21)29-25(20)22-15-18-8-4-5-12-24(18)32-26(22)31;/h1-15,17H;1H. The van der Waals surface area contributed by atoms with Gasteiger partial charge in [-0.15, -0.1) is 12.4 Å². The molecule has 0 aliphatic heterocycles. The van der Waals surface area contributed by atoms with E-state index in [1.165, 1.54) is 0 Å². The van der Waals surface area contributed by atoms with Crippen molar-refractivity contribution < 1.29 is 4.42 Å². The maximum absolute atomic E-state index is 12.8. The van der Waals surface area contributed by atoms with Crippen LogP contribution in [0.25, 0.3) is 39.6 Å². The van der Waals surface area contributed by atoms with Crippen LogP contribution in [0.5, 0.6) is 0 Å². The second-order valence-corrected chi connectivity index (χ2v) is 7.08. The van der Waals surface area contributed by atoms with Gasteiger partial charge in [0.25, 0.3) is 0 Å². The van der Waals surface area contributed by atoms with Crippen LogP contribution in [-0.2, 0) is 0 Å². The average molecular weight is 453 g/mol. The highest BCUT2D eigenvalue weighted by atomic mass is 35.5.